The van der Waals surface area contributed by atoms with Crippen molar-refractivity contribution in [3.63, 3.8) is 0 Å². The number of nitrogens with one attached hydrogen (secondary N) is 3. The first-order valence-corrected chi connectivity index (χ1v) is 17.0. The topological polar surface area (TPSA) is 96.5 Å². The smallest absolute Gasteiger partial charge is 0.272 e. The molecule has 0 bridgehead atoms. The van der Waals surface area contributed by atoms with E-state index in [2.05, 4.69) is 16.0 Å². The summed E-state index contributed by atoms with van der Waals surface area (Å²) in [6.45, 7) is 0. The van der Waals surface area contributed by atoms with Gasteiger partial charge in [-0.05, 0) is 76.5 Å². The van der Waals surface area contributed by atoms with Crippen LogP contribution in [-0.2, 0) is 9.59 Å². The highest BCUT2D eigenvalue weighted by Gasteiger charge is 2.23. The minimum atomic E-state index is -0.630. The maximum absolute atomic E-state index is 13.9. The molecule has 0 saturated carbocycles. The van der Waals surface area contributed by atoms with Crippen LogP contribution in [0, 0.1) is 0 Å². The van der Waals surface area contributed by atoms with Crippen molar-refractivity contribution in [2.75, 3.05) is 17.7 Å². The minimum Gasteiger partial charge on any atom is -0.495 e. The molecule has 0 aliphatic heterocycles. The largest absolute Gasteiger partial charge is 0.495 e. The number of rotatable bonds is 11. The summed E-state index contributed by atoms with van der Waals surface area (Å²) in [5, 5.41) is 10.4. The third-order valence-electron chi connectivity index (χ3n) is 7.76. The van der Waals surface area contributed by atoms with E-state index < -0.39 is 17.1 Å². The molecule has 9 heteroatoms. The van der Waals surface area contributed by atoms with Gasteiger partial charge in [-0.3, -0.25) is 14.4 Å². The zero-order chi connectivity index (χ0) is 34.9. The number of anilines is 2. The Morgan fingerprint density at radius 2 is 1.40 bits per heavy atom. The van der Waals surface area contributed by atoms with E-state index in [9.17, 15) is 14.4 Å². The summed E-state index contributed by atoms with van der Waals surface area (Å²) in [6.07, 6.45) is 1.68. The van der Waals surface area contributed by atoms with Gasteiger partial charge in [-0.15, -0.1) is 11.8 Å². The molecule has 0 radical (unpaired) electrons. The molecule has 50 heavy (non-hydrogen) atoms. The molecule has 0 heterocycles. The van der Waals surface area contributed by atoms with Gasteiger partial charge in [-0.25, -0.2) is 0 Å². The summed E-state index contributed by atoms with van der Waals surface area (Å²) in [4.78, 5) is 41.6. The Labute approximate surface area is 299 Å². The van der Waals surface area contributed by atoms with Crippen molar-refractivity contribution in [1.82, 2.24) is 5.32 Å². The third-order valence-corrected chi connectivity index (χ3v) is 9.30. The summed E-state index contributed by atoms with van der Waals surface area (Å²) < 4.78 is 5.24. The number of hydrogen-bond donors (Lipinski definition) is 3. The quantitative estimate of drug-likeness (QED) is 0.0926. The minimum absolute atomic E-state index is 0.0768. The molecule has 0 aromatic heterocycles. The van der Waals surface area contributed by atoms with Gasteiger partial charge in [-0.2, -0.15) is 0 Å². The van der Waals surface area contributed by atoms with Crippen molar-refractivity contribution < 1.29 is 19.1 Å². The number of ether oxygens (including phenoxy) is 1. The molecule has 0 aliphatic carbocycles. The number of fused-ring (bicyclic) bond motifs is 1. The summed E-state index contributed by atoms with van der Waals surface area (Å²) in [6, 6.07) is 44.1. The van der Waals surface area contributed by atoms with E-state index in [0.29, 0.717) is 27.7 Å². The van der Waals surface area contributed by atoms with E-state index in [1.54, 1.807) is 66.7 Å². The average molecular weight is 698 g/mol. The third kappa shape index (κ3) is 8.41. The van der Waals surface area contributed by atoms with Crippen LogP contribution in [0.25, 0.3) is 16.8 Å². The van der Waals surface area contributed by atoms with Crippen LogP contribution < -0.4 is 20.7 Å². The van der Waals surface area contributed by atoms with Crippen LogP contribution in [0.15, 0.2) is 156 Å². The first kappa shape index (κ1) is 34.0. The van der Waals surface area contributed by atoms with Crippen LogP contribution in [0.3, 0.4) is 0 Å². The number of amides is 3. The number of halogens is 1. The van der Waals surface area contributed by atoms with Gasteiger partial charge in [-0.1, -0.05) is 109 Å². The monoisotopic (exact) mass is 697 g/mol. The number of methoxy groups -OCH3 is 1. The second-order valence-electron chi connectivity index (χ2n) is 11.2. The van der Waals surface area contributed by atoms with E-state index >= 15 is 0 Å². The SMILES string of the molecule is COc1ccc(NC(=O)C(Sc2cccc(NC(=O)/C(=C\c3cccc4ccccc34)NC(=O)c3ccccc3)c2)c2ccccc2)cc1Cl. The fourth-order valence-corrected chi connectivity index (χ4v) is 6.65. The lowest BCUT2D eigenvalue weighted by atomic mass is 10.0. The molecule has 0 saturated heterocycles. The number of hydrogen-bond acceptors (Lipinski definition) is 5. The van der Waals surface area contributed by atoms with Gasteiger partial charge in [0.05, 0.1) is 12.1 Å². The Hall–Kier alpha value is -5.83. The van der Waals surface area contributed by atoms with Gasteiger partial charge in [0, 0.05) is 21.8 Å². The lowest BCUT2D eigenvalue weighted by molar-refractivity contribution is -0.116. The maximum Gasteiger partial charge on any atom is 0.272 e. The van der Waals surface area contributed by atoms with E-state index in [1.807, 2.05) is 84.9 Å². The van der Waals surface area contributed by atoms with Gasteiger partial charge < -0.3 is 20.7 Å². The van der Waals surface area contributed by atoms with Crippen molar-refractivity contribution in [3.05, 3.63) is 173 Å². The van der Waals surface area contributed by atoms with Gasteiger partial charge in [0.15, 0.2) is 0 Å². The maximum atomic E-state index is 13.9. The van der Waals surface area contributed by atoms with Crippen molar-refractivity contribution >= 4 is 69.3 Å². The lowest BCUT2D eigenvalue weighted by Gasteiger charge is -2.18. The predicted molar refractivity (Wildman–Crippen MR) is 203 cm³/mol. The second kappa shape index (κ2) is 16.0. The van der Waals surface area contributed by atoms with E-state index in [4.69, 9.17) is 16.3 Å². The predicted octanol–water partition coefficient (Wildman–Crippen LogP) is 9.38. The lowest BCUT2D eigenvalue weighted by Crippen LogP contribution is -2.30. The molecule has 248 valence electrons. The van der Waals surface area contributed by atoms with Crippen molar-refractivity contribution in [2.24, 2.45) is 0 Å². The standard InChI is InChI=1S/C41H32ClN3O4S/c1-49-37-23-22-32(26-35(37)42)44-41(48)38(28-13-4-2-5-14-28)50-33-20-11-19-31(25-33)43-40(47)36(45-39(46)29-15-6-3-7-16-29)24-30-18-10-17-27-12-8-9-21-34(27)30/h2-26,38H,1H3,(H,43,47)(H,44,48)(H,45,46)/b36-24+. The zero-order valence-corrected chi connectivity index (χ0v) is 28.5. The van der Waals surface area contributed by atoms with Crippen LogP contribution >= 0.6 is 23.4 Å². The molecular formula is C41H32ClN3O4S. The number of thioether (sulfide) groups is 1. The highest BCUT2D eigenvalue weighted by Crippen LogP contribution is 2.38. The Morgan fingerprint density at radius 3 is 2.16 bits per heavy atom. The number of carbonyl (C=O) groups is 3. The van der Waals surface area contributed by atoms with Gasteiger partial charge in [0.2, 0.25) is 5.91 Å². The summed E-state index contributed by atoms with van der Waals surface area (Å²) >= 11 is 7.64. The number of benzene rings is 6. The molecule has 3 N–H and O–H groups in total. The van der Waals surface area contributed by atoms with E-state index in [-0.39, 0.29) is 11.6 Å². The molecule has 3 amide bonds. The average Bonchev–Trinajstić information content (AvgIpc) is 3.14. The van der Waals surface area contributed by atoms with Gasteiger partial charge in [0.1, 0.15) is 16.7 Å². The fourth-order valence-electron chi connectivity index (χ4n) is 5.31. The zero-order valence-electron chi connectivity index (χ0n) is 26.9. The summed E-state index contributed by atoms with van der Waals surface area (Å²) in [5.41, 5.74) is 3.10. The van der Waals surface area contributed by atoms with Crippen LogP contribution in [-0.4, -0.2) is 24.8 Å². The van der Waals surface area contributed by atoms with Crippen molar-refractivity contribution in [2.45, 2.75) is 10.1 Å². The van der Waals surface area contributed by atoms with Gasteiger partial charge in [0.25, 0.3) is 11.8 Å². The van der Waals surface area contributed by atoms with Crippen molar-refractivity contribution in [3.8, 4) is 5.75 Å². The molecule has 7 nitrogen and oxygen atoms in total. The van der Waals surface area contributed by atoms with Gasteiger partial charge >= 0.3 is 0 Å². The van der Waals surface area contributed by atoms with Crippen LogP contribution in [0.5, 0.6) is 5.75 Å². The first-order valence-electron chi connectivity index (χ1n) is 15.7. The van der Waals surface area contributed by atoms with Crippen LogP contribution in [0.2, 0.25) is 5.02 Å². The van der Waals surface area contributed by atoms with Crippen LogP contribution in [0.1, 0.15) is 26.7 Å². The Kier molecular flexibility index (Phi) is 10.9. The normalized spacial score (nSPS) is 11.8. The second-order valence-corrected chi connectivity index (χ2v) is 12.8. The molecule has 0 aliphatic rings. The molecule has 1 atom stereocenters. The first-order chi connectivity index (χ1) is 24.4. The summed E-state index contributed by atoms with van der Waals surface area (Å²) in [7, 11) is 1.53. The molecule has 0 spiro atoms. The highest BCUT2D eigenvalue weighted by molar-refractivity contribution is 8.00. The molecule has 6 rings (SSSR count). The Bertz CT molecular complexity index is 2190. The number of carbonyl (C=O) groups excluding carboxylic acids is 3. The molecular weight excluding hydrogens is 666 g/mol. The Morgan fingerprint density at radius 1 is 0.720 bits per heavy atom. The molecule has 6 aromatic carbocycles. The fraction of sp³-hybridized carbons (Fsp3) is 0.0488. The van der Waals surface area contributed by atoms with Crippen molar-refractivity contribution in [1.29, 1.82) is 0 Å². The Balaban J connectivity index is 1.26. The molecule has 0 fully saturated rings. The van der Waals surface area contributed by atoms with E-state index in [1.165, 1.54) is 18.9 Å². The summed E-state index contributed by atoms with van der Waals surface area (Å²) in [5.74, 6) is -0.655. The van der Waals surface area contributed by atoms with Crippen LogP contribution in [0.4, 0.5) is 11.4 Å². The highest BCUT2D eigenvalue weighted by atomic mass is 35.5. The molecule has 1 unspecified atom stereocenters. The molecule has 6 aromatic rings. The van der Waals surface area contributed by atoms with E-state index in [0.717, 1.165) is 26.8 Å².